The number of benzene rings is 1. The maximum atomic E-state index is 13.0. The van der Waals surface area contributed by atoms with Crippen LogP contribution in [-0.4, -0.2) is 29.7 Å². The van der Waals surface area contributed by atoms with Crippen LogP contribution < -0.4 is 5.32 Å². The number of methoxy groups -OCH3 is 1. The van der Waals surface area contributed by atoms with Crippen LogP contribution in [0.3, 0.4) is 0 Å². The predicted molar refractivity (Wildman–Crippen MR) is 89.9 cm³/mol. The smallest absolute Gasteiger partial charge is 0.316 e. The topological polar surface area (TPSA) is 116 Å². The molecule has 0 saturated carbocycles. The van der Waals surface area contributed by atoms with Crippen molar-refractivity contribution < 1.29 is 24.0 Å². The summed E-state index contributed by atoms with van der Waals surface area (Å²) in [6.07, 6.45) is 0.353. The lowest BCUT2D eigenvalue weighted by atomic mass is 9.70. The normalized spacial score (nSPS) is 25.4. The van der Waals surface area contributed by atoms with E-state index in [1.807, 2.05) is 0 Å². The number of hydrogen-bond acceptors (Lipinski definition) is 6. The molecule has 0 unspecified atom stereocenters. The van der Waals surface area contributed by atoms with Gasteiger partial charge in [0.1, 0.15) is 5.92 Å². The fraction of sp³-hybridized carbons (Fsp3) is 0.389. The Bertz CT molecular complexity index is 844. The van der Waals surface area contributed by atoms with Crippen LogP contribution in [0.5, 0.6) is 0 Å². The summed E-state index contributed by atoms with van der Waals surface area (Å²) in [6.45, 7) is 1.76. The van der Waals surface area contributed by atoms with Gasteiger partial charge in [0.25, 0.3) is 5.69 Å². The Labute approximate surface area is 149 Å². The molecule has 136 valence electrons. The number of nitrogens with zero attached hydrogens (tertiary/aromatic N) is 1. The highest BCUT2D eigenvalue weighted by atomic mass is 16.6. The van der Waals surface area contributed by atoms with Gasteiger partial charge in [-0.25, -0.2) is 0 Å². The molecule has 1 aromatic rings. The first-order valence-electron chi connectivity index (χ1n) is 8.22. The van der Waals surface area contributed by atoms with Gasteiger partial charge in [0, 0.05) is 35.7 Å². The minimum Gasteiger partial charge on any atom is -0.468 e. The third-order valence-corrected chi connectivity index (χ3v) is 4.93. The number of esters is 1. The molecule has 8 nitrogen and oxygen atoms in total. The molecule has 8 heteroatoms. The highest BCUT2D eigenvalue weighted by molar-refractivity contribution is 6.11. The number of carbonyl (C=O) groups is 3. The molecule has 0 bridgehead atoms. The Kier molecular flexibility index (Phi) is 4.58. The van der Waals surface area contributed by atoms with Crippen molar-refractivity contribution in [2.24, 2.45) is 11.8 Å². The Hall–Kier alpha value is -3.03. The number of nitro benzene ring substituents is 1. The summed E-state index contributed by atoms with van der Waals surface area (Å²) >= 11 is 0. The monoisotopic (exact) mass is 358 g/mol. The van der Waals surface area contributed by atoms with E-state index in [0.717, 1.165) is 0 Å². The molecule has 3 rings (SSSR count). The molecule has 2 aliphatic rings. The van der Waals surface area contributed by atoms with E-state index in [1.54, 1.807) is 13.0 Å². The maximum absolute atomic E-state index is 13.0. The molecule has 0 aromatic heterocycles. The Morgan fingerprint density at radius 2 is 2.04 bits per heavy atom. The van der Waals surface area contributed by atoms with Crippen LogP contribution >= 0.6 is 0 Å². The second-order valence-corrected chi connectivity index (χ2v) is 6.60. The number of amides is 1. The maximum Gasteiger partial charge on any atom is 0.316 e. The zero-order valence-corrected chi connectivity index (χ0v) is 14.4. The van der Waals surface area contributed by atoms with Crippen molar-refractivity contribution in [3.05, 3.63) is 51.2 Å². The lowest BCUT2D eigenvalue weighted by molar-refractivity contribution is -0.384. The second-order valence-electron chi connectivity index (χ2n) is 6.60. The summed E-state index contributed by atoms with van der Waals surface area (Å²) in [5.74, 6) is -3.11. The zero-order chi connectivity index (χ0) is 19.0. The molecule has 1 aliphatic carbocycles. The average molecular weight is 358 g/mol. The van der Waals surface area contributed by atoms with E-state index < -0.39 is 22.7 Å². The van der Waals surface area contributed by atoms with E-state index in [4.69, 9.17) is 4.74 Å². The summed E-state index contributed by atoms with van der Waals surface area (Å²) in [5, 5.41) is 13.8. The molecule has 1 aliphatic heterocycles. The molecular weight excluding hydrogens is 340 g/mol. The first-order valence-corrected chi connectivity index (χ1v) is 8.22. The fourth-order valence-electron chi connectivity index (χ4n) is 3.74. The van der Waals surface area contributed by atoms with Gasteiger partial charge in [0.05, 0.1) is 12.0 Å². The van der Waals surface area contributed by atoms with Gasteiger partial charge in [0.15, 0.2) is 5.78 Å². The molecule has 0 spiro atoms. The Morgan fingerprint density at radius 1 is 1.31 bits per heavy atom. The molecule has 0 radical (unpaired) electrons. The minimum absolute atomic E-state index is 0.00594. The first-order chi connectivity index (χ1) is 12.3. The summed E-state index contributed by atoms with van der Waals surface area (Å²) < 4.78 is 4.76. The molecule has 1 heterocycles. The number of ether oxygens (including phenoxy) is 1. The summed E-state index contributed by atoms with van der Waals surface area (Å²) in [4.78, 5) is 47.8. The van der Waals surface area contributed by atoms with Crippen LogP contribution in [0.25, 0.3) is 0 Å². The van der Waals surface area contributed by atoms with Crippen LogP contribution in [0.1, 0.15) is 31.2 Å². The number of rotatable bonds is 3. The van der Waals surface area contributed by atoms with Crippen LogP contribution in [-0.2, 0) is 19.1 Å². The van der Waals surface area contributed by atoms with Crippen molar-refractivity contribution in [1.29, 1.82) is 0 Å². The minimum atomic E-state index is -0.935. The quantitative estimate of drug-likeness (QED) is 0.381. The summed E-state index contributed by atoms with van der Waals surface area (Å²) in [6, 6.07) is 5.89. The van der Waals surface area contributed by atoms with Crippen LogP contribution in [0.4, 0.5) is 5.69 Å². The van der Waals surface area contributed by atoms with Gasteiger partial charge in [-0.2, -0.15) is 0 Å². The molecule has 1 amide bonds. The van der Waals surface area contributed by atoms with Gasteiger partial charge >= 0.3 is 5.97 Å². The molecule has 3 atom stereocenters. The highest BCUT2D eigenvalue weighted by Gasteiger charge is 2.45. The van der Waals surface area contributed by atoms with E-state index in [-0.39, 0.29) is 29.7 Å². The molecular formula is C18H18N2O6. The summed E-state index contributed by atoms with van der Waals surface area (Å²) in [5.41, 5.74) is 1.24. The van der Waals surface area contributed by atoms with Crippen LogP contribution in [0.15, 0.2) is 35.5 Å². The number of Topliss-reactive ketones (excluding diaryl/α,β-unsaturated/α-hetero) is 1. The third-order valence-electron chi connectivity index (χ3n) is 4.93. The van der Waals surface area contributed by atoms with Crippen molar-refractivity contribution >= 4 is 23.3 Å². The Balaban J connectivity index is 2.09. The number of carbonyl (C=O) groups excluding carboxylic acids is 3. The number of ketones is 1. The number of non-ortho nitro benzene ring substituents is 1. The number of nitrogens with one attached hydrogen (secondary N) is 1. The molecule has 0 fully saturated rings. The van der Waals surface area contributed by atoms with E-state index in [0.29, 0.717) is 23.3 Å². The number of allylic oxidation sites excluding steroid dienone is 2. The fourth-order valence-corrected chi connectivity index (χ4v) is 3.74. The predicted octanol–water partition coefficient (Wildman–Crippen LogP) is 1.85. The van der Waals surface area contributed by atoms with E-state index in [9.17, 15) is 24.5 Å². The SMILES string of the molecule is COC(=O)[C@H]1C(=O)C2=C(C[C@H]1C)NC(=O)C[C@H]2c1cccc([N+](=O)[O-])c1. The Morgan fingerprint density at radius 3 is 2.69 bits per heavy atom. The van der Waals surface area contributed by atoms with Crippen molar-refractivity contribution in [2.75, 3.05) is 7.11 Å². The van der Waals surface area contributed by atoms with Crippen molar-refractivity contribution in [3.63, 3.8) is 0 Å². The van der Waals surface area contributed by atoms with E-state index in [1.165, 1.54) is 25.3 Å². The number of nitro groups is 1. The lowest BCUT2D eigenvalue weighted by Gasteiger charge is -2.36. The standard InChI is InChI=1S/C18H18N2O6/c1-9-6-13-16(17(22)15(9)18(23)26-2)12(8-14(21)19-13)10-4-3-5-11(7-10)20(24)25/h3-5,7,9,12,15H,6,8H2,1-2H3,(H,19,21)/t9-,12+,15-/m1/s1. The molecule has 26 heavy (non-hydrogen) atoms. The van der Waals surface area contributed by atoms with Crippen LogP contribution in [0, 0.1) is 22.0 Å². The molecule has 1 N–H and O–H groups in total. The van der Waals surface area contributed by atoms with Crippen molar-refractivity contribution in [2.45, 2.75) is 25.7 Å². The van der Waals surface area contributed by atoms with Gasteiger partial charge < -0.3 is 10.1 Å². The van der Waals surface area contributed by atoms with Crippen molar-refractivity contribution in [1.82, 2.24) is 5.32 Å². The first kappa shape index (κ1) is 17.8. The third kappa shape index (κ3) is 2.98. The van der Waals surface area contributed by atoms with Gasteiger partial charge in [-0.15, -0.1) is 0 Å². The van der Waals surface area contributed by atoms with E-state index in [2.05, 4.69) is 5.32 Å². The highest BCUT2D eigenvalue weighted by Crippen LogP contribution is 2.42. The van der Waals surface area contributed by atoms with Gasteiger partial charge in [-0.05, 0) is 17.9 Å². The van der Waals surface area contributed by atoms with Gasteiger partial charge in [-0.3, -0.25) is 24.5 Å². The molecule has 1 aromatic carbocycles. The summed E-state index contributed by atoms with van der Waals surface area (Å²) in [7, 11) is 1.23. The molecule has 0 saturated heterocycles. The zero-order valence-electron chi connectivity index (χ0n) is 14.4. The largest absolute Gasteiger partial charge is 0.468 e. The average Bonchev–Trinajstić information content (AvgIpc) is 2.60. The lowest BCUT2D eigenvalue weighted by Crippen LogP contribution is -2.44. The number of hydrogen-bond donors (Lipinski definition) is 1. The van der Waals surface area contributed by atoms with Crippen molar-refractivity contribution in [3.8, 4) is 0 Å². The van der Waals surface area contributed by atoms with Crippen LogP contribution in [0.2, 0.25) is 0 Å². The second kappa shape index (κ2) is 6.70. The van der Waals surface area contributed by atoms with Gasteiger partial charge in [0.2, 0.25) is 5.91 Å². The van der Waals surface area contributed by atoms with Gasteiger partial charge in [-0.1, -0.05) is 19.1 Å². The van der Waals surface area contributed by atoms with E-state index >= 15 is 0 Å².